The minimum absolute atomic E-state index is 0.210. The normalized spacial score (nSPS) is 14.9. The maximum atomic E-state index is 12.2. The van der Waals surface area contributed by atoms with Crippen molar-refractivity contribution in [2.75, 3.05) is 20.3 Å². The van der Waals surface area contributed by atoms with Crippen molar-refractivity contribution in [2.45, 2.75) is 44.2 Å². The molecular weight excluding hydrogens is 288 g/mol. The van der Waals surface area contributed by atoms with Crippen LogP contribution in [0.25, 0.3) is 0 Å². The molecule has 1 rings (SSSR count). The lowest BCUT2D eigenvalue weighted by atomic mass is 10.1. The van der Waals surface area contributed by atoms with Crippen LogP contribution in [-0.2, 0) is 14.8 Å². The van der Waals surface area contributed by atoms with E-state index in [4.69, 9.17) is 4.74 Å². The number of rotatable bonds is 9. The van der Waals surface area contributed by atoms with E-state index < -0.39 is 10.0 Å². The van der Waals surface area contributed by atoms with E-state index in [-0.39, 0.29) is 17.0 Å². The van der Waals surface area contributed by atoms with Crippen LogP contribution in [0.3, 0.4) is 0 Å². The highest BCUT2D eigenvalue weighted by Crippen LogP contribution is 2.16. The topological polar surface area (TPSA) is 67.4 Å². The van der Waals surface area contributed by atoms with Gasteiger partial charge in [0, 0.05) is 19.2 Å². The van der Waals surface area contributed by atoms with Gasteiger partial charge in [-0.2, -0.15) is 0 Å². The molecule has 0 heterocycles. The third-order valence-corrected chi connectivity index (χ3v) is 4.77. The summed E-state index contributed by atoms with van der Waals surface area (Å²) < 4.78 is 31.9. The van der Waals surface area contributed by atoms with Gasteiger partial charge in [0.1, 0.15) is 0 Å². The molecule has 0 aromatic heterocycles. The third-order valence-electron chi connectivity index (χ3n) is 3.16. The summed E-state index contributed by atoms with van der Waals surface area (Å²) in [5, 5.41) is 3.37. The Hall–Kier alpha value is -0.950. The number of methoxy groups -OCH3 is 1. The number of nitrogens with one attached hydrogen (secondary N) is 2. The van der Waals surface area contributed by atoms with Crippen molar-refractivity contribution in [3.63, 3.8) is 0 Å². The maximum absolute atomic E-state index is 12.2. The molecule has 0 aliphatic rings. The lowest BCUT2D eigenvalue weighted by Gasteiger charge is -2.16. The molecule has 2 atom stereocenters. The van der Waals surface area contributed by atoms with E-state index >= 15 is 0 Å². The molecule has 0 saturated heterocycles. The SMILES string of the molecule is CCCNC(C)c1ccc(S(=O)(=O)NC(C)COC)cc1. The molecule has 2 N–H and O–H groups in total. The molecule has 5 nitrogen and oxygen atoms in total. The first kappa shape index (κ1) is 18.1. The summed E-state index contributed by atoms with van der Waals surface area (Å²) in [6, 6.07) is 6.93. The van der Waals surface area contributed by atoms with Crippen LogP contribution in [0.4, 0.5) is 0 Å². The second-order valence-corrected chi connectivity index (χ2v) is 6.94. The van der Waals surface area contributed by atoms with E-state index in [0.717, 1.165) is 18.5 Å². The molecule has 21 heavy (non-hydrogen) atoms. The van der Waals surface area contributed by atoms with Crippen LogP contribution in [0.15, 0.2) is 29.2 Å². The molecule has 0 spiro atoms. The molecule has 1 aromatic rings. The van der Waals surface area contributed by atoms with E-state index in [1.54, 1.807) is 26.2 Å². The summed E-state index contributed by atoms with van der Waals surface area (Å²) in [5.74, 6) is 0. The van der Waals surface area contributed by atoms with Crippen LogP contribution >= 0.6 is 0 Å². The minimum atomic E-state index is -3.49. The number of ether oxygens (including phenoxy) is 1. The van der Waals surface area contributed by atoms with E-state index in [0.29, 0.717) is 6.61 Å². The summed E-state index contributed by atoms with van der Waals surface area (Å²) >= 11 is 0. The van der Waals surface area contributed by atoms with Gasteiger partial charge in [-0.3, -0.25) is 0 Å². The zero-order valence-corrected chi connectivity index (χ0v) is 14.0. The highest BCUT2D eigenvalue weighted by atomic mass is 32.2. The zero-order chi connectivity index (χ0) is 15.9. The van der Waals surface area contributed by atoms with E-state index in [1.807, 2.05) is 12.1 Å². The molecule has 0 bridgehead atoms. The number of hydrogen-bond donors (Lipinski definition) is 2. The summed E-state index contributed by atoms with van der Waals surface area (Å²) in [5.41, 5.74) is 1.08. The Bertz CT molecular complexity index is 514. The van der Waals surface area contributed by atoms with Crippen LogP contribution in [0.5, 0.6) is 0 Å². The highest BCUT2D eigenvalue weighted by Gasteiger charge is 2.17. The fraction of sp³-hybridized carbons (Fsp3) is 0.600. The van der Waals surface area contributed by atoms with Gasteiger partial charge in [0.2, 0.25) is 10.0 Å². The highest BCUT2D eigenvalue weighted by molar-refractivity contribution is 7.89. The zero-order valence-electron chi connectivity index (χ0n) is 13.2. The molecule has 1 aromatic carbocycles. The van der Waals surface area contributed by atoms with Crippen LogP contribution in [-0.4, -0.2) is 34.7 Å². The Labute approximate surface area is 128 Å². The standard InChI is InChI=1S/C15H26N2O3S/c1-5-10-16-13(3)14-6-8-15(9-7-14)21(18,19)17-12(2)11-20-4/h6-9,12-13,16-17H,5,10-11H2,1-4H3. The Morgan fingerprint density at radius 3 is 2.33 bits per heavy atom. The van der Waals surface area contributed by atoms with Crippen molar-refractivity contribution < 1.29 is 13.2 Å². The maximum Gasteiger partial charge on any atom is 0.240 e. The van der Waals surface area contributed by atoms with E-state index in [2.05, 4.69) is 23.9 Å². The van der Waals surface area contributed by atoms with Gasteiger partial charge in [-0.05, 0) is 44.5 Å². The number of hydrogen-bond acceptors (Lipinski definition) is 4. The quantitative estimate of drug-likeness (QED) is 0.732. The van der Waals surface area contributed by atoms with Crippen molar-refractivity contribution in [1.29, 1.82) is 0 Å². The van der Waals surface area contributed by atoms with Gasteiger partial charge >= 0.3 is 0 Å². The molecule has 0 fully saturated rings. The number of sulfonamides is 1. The van der Waals surface area contributed by atoms with Gasteiger partial charge in [0.15, 0.2) is 0 Å². The Balaban J connectivity index is 2.76. The molecule has 2 unspecified atom stereocenters. The van der Waals surface area contributed by atoms with Crippen LogP contribution in [0, 0.1) is 0 Å². The lowest BCUT2D eigenvalue weighted by Crippen LogP contribution is -2.35. The Kier molecular flexibility index (Phi) is 7.31. The third kappa shape index (κ3) is 5.74. The predicted octanol–water partition coefficient (Wildman–Crippen LogP) is 2.06. The Morgan fingerprint density at radius 1 is 1.19 bits per heavy atom. The molecule has 0 saturated carbocycles. The van der Waals surface area contributed by atoms with Crippen molar-refractivity contribution in [2.24, 2.45) is 0 Å². The first-order valence-corrected chi connectivity index (χ1v) is 8.73. The summed E-state index contributed by atoms with van der Waals surface area (Å²) in [4.78, 5) is 0.275. The van der Waals surface area contributed by atoms with Crippen molar-refractivity contribution in [3.05, 3.63) is 29.8 Å². The van der Waals surface area contributed by atoms with Crippen LogP contribution < -0.4 is 10.0 Å². The molecule has 120 valence electrons. The van der Waals surface area contributed by atoms with Gasteiger partial charge in [0.25, 0.3) is 0 Å². The average Bonchev–Trinajstić information content (AvgIpc) is 2.44. The Morgan fingerprint density at radius 2 is 1.81 bits per heavy atom. The van der Waals surface area contributed by atoms with Gasteiger partial charge in [-0.15, -0.1) is 0 Å². The first-order chi connectivity index (χ1) is 9.90. The summed E-state index contributed by atoms with van der Waals surface area (Å²) in [6.07, 6.45) is 1.07. The molecular formula is C15H26N2O3S. The minimum Gasteiger partial charge on any atom is -0.383 e. The van der Waals surface area contributed by atoms with Gasteiger partial charge in [0.05, 0.1) is 11.5 Å². The first-order valence-electron chi connectivity index (χ1n) is 7.25. The largest absolute Gasteiger partial charge is 0.383 e. The van der Waals surface area contributed by atoms with Crippen LogP contribution in [0.1, 0.15) is 38.8 Å². The fourth-order valence-corrected chi connectivity index (χ4v) is 3.26. The van der Waals surface area contributed by atoms with E-state index in [1.165, 1.54) is 0 Å². The summed E-state index contributed by atoms with van der Waals surface area (Å²) in [7, 11) is -1.95. The molecule has 0 aliphatic heterocycles. The molecule has 0 aliphatic carbocycles. The lowest BCUT2D eigenvalue weighted by molar-refractivity contribution is 0.180. The predicted molar refractivity (Wildman–Crippen MR) is 84.8 cm³/mol. The fourth-order valence-electron chi connectivity index (χ4n) is 2.03. The van der Waals surface area contributed by atoms with Crippen molar-refractivity contribution >= 4 is 10.0 Å². The van der Waals surface area contributed by atoms with Crippen molar-refractivity contribution in [3.8, 4) is 0 Å². The molecule has 0 amide bonds. The van der Waals surface area contributed by atoms with Crippen LogP contribution in [0.2, 0.25) is 0 Å². The average molecular weight is 314 g/mol. The smallest absolute Gasteiger partial charge is 0.240 e. The molecule has 6 heteroatoms. The second-order valence-electron chi connectivity index (χ2n) is 5.22. The van der Waals surface area contributed by atoms with E-state index in [9.17, 15) is 8.42 Å². The monoisotopic (exact) mass is 314 g/mol. The molecule has 0 radical (unpaired) electrons. The van der Waals surface area contributed by atoms with Crippen molar-refractivity contribution in [1.82, 2.24) is 10.0 Å². The summed E-state index contributed by atoms with van der Waals surface area (Å²) in [6.45, 7) is 7.24. The van der Waals surface area contributed by atoms with Gasteiger partial charge in [-0.1, -0.05) is 19.1 Å². The number of benzene rings is 1. The van der Waals surface area contributed by atoms with Gasteiger partial charge in [-0.25, -0.2) is 13.1 Å². The van der Waals surface area contributed by atoms with Gasteiger partial charge < -0.3 is 10.1 Å². The second kappa shape index (κ2) is 8.48.